The molecular weight excluding hydrogens is 320 g/mol. The molecule has 1 aromatic heterocycles. The van der Waals surface area contributed by atoms with Crippen molar-refractivity contribution in [1.82, 2.24) is 4.98 Å². The number of aromatic nitrogens is 1. The summed E-state index contributed by atoms with van der Waals surface area (Å²) in [6.07, 6.45) is 2.64. The topological polar surface area (TPSA) is 42.0 Å². The lowest BCUT2D eigenvalue weighted by Gasteiger charge is -1.99. The van der Waals surface area contributed by atoms with Gasteiger partial charge in [-0.3, -0.25) is 4.21 Å². The molecule has 0 saturated carbocycles. The van der Waals surface area contributed by atoms with E-state index in [9.17, 15) is 4.21 Å². The fourth-order valence-corrected chi connectivity index (χ4v) is 3.44. The van der Waals surface area contributed by atoms with Gasteiger partial charge in [0.1, 0.15) is 0 Å². The summed E-state index contributed by atoms with van der Waals surface area (Å²) >= 11 is 5.09. The van der Waals surface area contributed by atoms with E-state index in [1.165, 1.54) is 4.70 Å². The fraction of sp³-hybridized carbons (Fsp3) is 0.364. The maximum atomic E-state index is 10.9. The Hall–Kier alpha value is -0.460. The molecule has 0 saturated heterocycles. The monoisotopic (exact) mass is 332 g/mol. The van der Waals surface area contributed by atoms with Crippen LogP contribution in [0.4, 0.5) is 5.13 Å². The molecule has 1 aromatic carbocycles. The van der Waals surface area contributed by atoms with E-state index < -0.39 is 10.8 Å². The van der Waals surface area contributed by atoms with Gasteiger partial charge in [-0.15, -0.1) is 0 Å². The predicted molar refractivity (Wildman–Crippen MR) is 79.4 cm³/mol. The highest BCUT2D eigenvalue weighted by Crippen LogP contribution is 2.28. The second-order valence-electron chi connectivity index (χ2n) is 3.69. The number of rotatable bonds is 5. The first kappa shape index (κ1) is 13.0. The van der Waals surface area contributed by atoms with E-state index in [0.717, 1.165) is 33.8 Å². The Morgan fingerprint density at radius 3 is 3.12 bits per heavy atom. The molecule has 17 heavy (non-hydrogen) atoms. The minimum absolute atomic E-state index is 0.704. The van der Waals surface area contributed by atoms with Crippen LogP contribution in [-0.2, 0) is 10.8 Å². The van der Waals surface area contributed by atoms with Gasteiger partial charge in [-0.2, -0.15) is 0 Å². The standard InChI is InChI=1S/C11H13BrN2OS2/c1-17(15)6-2-5-13-11-14-9-4-3-8(12)7-10(9)16-11/h3-4,7H,2,5-6H2,1H3,(H,13,14). The van der Waals surface area contributed by atoms with Crippen molar-refractivity contribution in [2.24, 2.45) is 0 Å². The summed E-state index contributed by atoms with van der Waals surface area (Å²) in [5.41, 5.74) is 1.01. The Morgan fingerprint density at radius 1 is 1.53 bits per heavy atom. The normalized spacial score (nSPS) is 12.8. The molecule has 1 atom stereocenters. The summed E-state index contributed by atoms with van der Waals surface area (Å²) in [6, 6.07) is 6.06. The van der Waals surface area contributed by atoms with Crippen molar-refractivity contribution >= 4 is 53.4 Å². The van der Waals surface area contributed by atoms with Gasteiger partial charge in [0.05, 0.1) is 10.2 Å². The molecule has 1 N–H and O–H groups in total. The Balaban J connectivity index is 1.97. The second kappa shape index (κ2) is 5.93. The molecule has 2 rings (SSSR count). The quantitative estimate of drug-likeness (QED) is 0.854. The molecule has 0 spiro atoms. The molecule has 2 aromatic rings. The van der Waals surface area contributed by atoms with Gasteiger partial charge < -0.3 is 5.32 Å². The van der Waals surface area contributed by atoms with Crippen LogP contribution >= 0.6 is 27.3 Å². The van der Waals surface area contributed by atoms with Crippen LogP contribution in [0.1, 0.15) is 6.42 Å². The molecule has 6 heteroatoms. The first-order chi connectivity index (χ1) is 8.15. The van der Waals surface area contributed by atoms with Crippen molar-refractivity contribution in [3.05, 3.63) is 22.7 Å². The SMILES string of the molecule is CS(=O)CCCNc1nc2ccc(Br)cc2s1. The highest BCUT2D eigenvalue weighted by atomic mass is 79.9. The largest absolute Gasteiger partial charge is 0.361 e. The molecule has 1 unspecified atom stereocenters. The van der Waals surface area contributed by atoms with E-state index in [-0.39, 0.29) is 0 Å². The predicted octanol–water partition coefficient (Wildman–Crippen LogP) is 3.24. The lowest BCUT2D eigenvalue weighted by molar-refractivity contribution is 0.685. The maximum absolute atomic E-state index is 10.9. The third-order valence-electron chi connectivity index (χ3n) is 2.24. The van der Waals surface area contributed by atoms with Gasteiger partial charge in [0, 0.05) is 33.8 Å². The smallest absolute Gasteiger partial charge is 0.183 e. The second-order valence-corrected chi connectivity index (χ2v) is 7.19. The van der Waals surface area contributed by atoms with Gasteiger partial charge in [0.15, 0.2) is 5.13 Å². The van der Waals surface area contributed by atoms with E-state index in [1.54, 1.807) is 17.6 Å². The van der Waals surface area contributed by atoms with Crippen molar-refractivity contribution in [2.75, 3.05) is 23.9 Å². The summed E-state index contributed by atoms with van der Waals surface area (Å²) in [5, 5.41) is 4.20. The number of nitrogens with zero attached hydrogens (tertiary/aromatic N) is 1. The summed E-state index contributed by atoms with van der Waals surface area (Å²) in [5.74, 6) is 0.740. The number of hydrogen-bond donors (Lipinski definition) is 1. The number of thiazole rings is 1. The average Bonchev–Trinajstić information content (AvgIpc) is 2.66. The molecular formula is C11H13BrN2OS2. The summed E-state index contributed by atoms with van der Waals surface area (Å²) in [7, 11) is -0.704. The van der Waals surface area contributed by atoms with Gasteiger partial charge in [-0.25, -0.2) is 4.98 Å². The Bertz CT molecular complexity index is 541. The van der Waals surface area contributed by atoms with Gasteiger partial charge in [0.2, 0.25) is 0 Å². The summed E-state index contributed by atoms with van der Waals surface area (Å²) < 4.78 is 13.1. The maximum Gasteiger partial charge on any atom is 0.183 e. The zero-order valence-electron chi connectivity index (χ0n) is 9.40. The number of benzene rings is 1. The zero-order chi connectivity index (χ0) is 12.3. The van der Waals surface area contributed by atoms with Crippen molar-refractivity contribution < 1.29 is 4.21 Å². The Kier molecular flexibility index (Phi) is 4.53. The van der Waals surface area contributed by atoms with Crippen molar-refractivity contribution in [3.63, 3.8) is 0 Å². The van der Waals surface area contributed by atoms with Crippen LogP contribution in [0.5, 0.6) is 0 Å². The highest BCUT2D eigenvalue weighted by molar-refractivity contribution is 9.10. The number of anilines is 1. The molecule has 0 aliphatic rings. The highest BCUT2D eigenvalue weighted by Gasteiger charge is 2.03. The van der Waals surface area contributed by atoms with Crippen LogP contribution in [0.3, 0.4) is 0 Å². The number of fused-ring (bicyclic) bond motifs is 1. The summed E-state index contributed by atoms with van der Waals surface area (Å²) in [6.45, 7) is 0.820. The number of hydrogen-bond acceptors (Lipinski definition) is 4. The third kappa shape index (κ3) is 3.76. The van der Waals surface area contributed by atoms with Crippen LogP contribution in [-0.4, -0.2) is 27.7 Å². The molecule has 0 bridgehead atoms. The van der Waals surface area contributed by atoms with E-state index in [1.807, 2.05) is 12.1 Å². The first-order valence-electron chi connectivity index (χ1n) is 5.25. The van der Waals surface area contributed by atoms with Gasteiger partial charge in [0.25, 0.3) is 0 Å². The van der Waals surface area contributed by atoms with Crippen molar-refractivity contribution in [1.29, 1.82) is 0 Å². The van der Waals surface area contributed by atoms with Crippen molar-refractivity contribution in [2.45, 2.75) is 6.42 Å². The van der Waals surface area contributed by atoms with Crippen LogP contribution in [0, 0.1) is 0 Å². The van der Waals surface area contributed by atoms with Crippen LogP contribution in [0.25, 0.3) is 10.2 Å². The molecule has 1 heterocycles. The Morgan fingerprint density at radius 2 is 2.35 bits per heavy atom. The molecule has 0 radical (unpaired) electrons. The van der Waals surface area contributed by atoms with Gasteiger partial charge >= 0.3 is 0 Å². The molecule has 0 aliphatic heterocycles. The molecule has 0 amide bonds. The average molecular weight is 333 g/mol. The van der Waals surface area contributed by atoms with E-state index >= 15 is 0 Å². The summed E-state index contributed by atoms with van der Waals surface area (Å²) in [4.78, 5) is 4.48. The minimum atomic E-state index is -0.704. The molecule has 0 fully saturated rings. The number of nitrogens with one attached hydrogen (secondary N) is 1. The number of halogens is 1. The first-order valence-corrected chi connectivity index (χ1v) is 8.59. The van der Waals surface area contributed by atoms with Gasteiger partial charge in [-0.1, -0.05) is 27.3 Å². The van der Waals surface area contributed by atoms with Crippen LogP contribution in [0.15, 0.2) is 22.7 Å². The lowest BCUT2D eigenvalue weighted by atomic mass is 10.3. The minimum Gasteiger partial charge on any atom is -0.361 e. The fourth-order valence-electron chi connectivity index (χ4n) is 1.44. The van der Waals surface area contributed by atoms with E-state index in [0.29, 0.717) is 0 Å². The lowest BCUT2D eigenvalue weighted by Crippen LogP contribution is -2.05. The van der Waals surface area contributed by atoms with Crippen LogP contribution < -0.4 is 5.32 Å². The zero-order valence-corrected chi connectivity index (χ0v) is 12.6. The molecule has 92 valence electrons. The van der Waals surface area contributed by atoms with Crippen molar-refractivity contribution in [3.8, 4) is 0 Å². The van der Waals surface area contributed by atoms with E-state index in [4.69, 9.17) is 0 Å². The molecule has 0 aliphatic carbocycles. The third-order valence-corrected chi connectivity index (χ3v) is 4.57. The van der Waals surface area contributed by atoms with Crippen LogP contribution in [0.2, 0.25) is 0 Å². The Labute approximate surface area is 115 Å². The van der Waals surface area contributed by atoms with E-state index in [2.05, 4.69) is 32.3 Å². The molecule has 3 nitrogen and oxygen atoms in total. The van der Waals surface area contributed by atoms with Gasteiger partial charge in [-0.05, 0) is 24.6 Å².